The number of nitrogens with one attached hydrogen (secondary N) is 8. The molecule has 63 heavy (non-hydrogen) atoms. The van der Waals surface area contributed by atoms with Crippen molar-refractivity contribution in [2.24, 2.45) is 11.7 Å². The molecular formula is C42H55N9O11S. The van der Waals surface area contributed by atoms with Crippen LogP contribution in [0.1, 0.15) is 51.7 Å². The molecule has 4 aromatic rings. The average molecular weight is 894 g/mol. The minimum Gasteiger partial charge on any atom is -0.481 e. The molecule has 0 unspecified atom stereocenters. The lowest BCUT2D eigenvalue weighted by atomic mass is 9.99. The molecule has 0 aliphatic carbocycles. The molecule has 0 bridgehead atoms. The van der Waals surface area contributed by atoms with E-state index in [0.29, 0.717) is 11.1 Å². The third-order valence-corrected chi connectivity index (χ3v) is 10.5. The summed E-state index contributed by atoms with van der Waals surface area (Å²) < 4.78 is 0. The number of H-pyrrole nitrogens is 2. The number of carbonyl (C=O) groups is 8. The van der Waals surface area contributed by atoms with Gasteiger partial charge in [0, 0.05) is 52.8 Å². The monoisotopic (exact) mass is 893 g/mol. The van der Waals surface area contributed by atoms with Gasteiger partial charge in [-0.1, -0.05) is 50.2 Å². The maximum atomic E-state index is 14.0. The van der Waals surface area contributed by atoms with E-state index in [0.717, 1.165) is 21.8 Å². The molecule has 0 spiro atoms. The quantitative estimate of drug-likeness (QED) is 0.0424. The number of carboxylic acid groups (broad SMARTS) is 2. The second kappa shape index (κ2) is 22.6. The van der Waals surface area contributed by atoms with E-state index in [2.05, 4.69) is 54.5 Å². The number of hydrogen-bond acceptors (Lipinski definition) is 11. The molecule has 0 radical (unpaired) electrons. The van der Waals surface area contributed by atoms with Gasteiger partial charge >= 0.3 is 11.9 Å². The van der Waals surface area contributed by atoms with Crippen molar-refractivity contribution in [3.8, 4) is 0 Å². The fourth-order valence-corrected chi connectivity index (χ4v) is 7.02. The third kappa shape index (κ3) is 13.8. The van der Waals surface area contributed by atoms with Crippen molar-refractivity contribution in [3.63, 3.8) is 0 Å². The van der Waals surface area contributed by atoms with Crippen LogP contribution in [-0.4, -0.2) is 127 Å². The van der Waals surface area contributed by atoms with E-state index in [1.165, 1.54) is 13.8 Å². The van der Waals surface area contributed by atoms with Gasteiger partial charge in [-0.2, -0.15) is 12.6 Å². The van der Waals surface area contributed by atoms with Gasteiger partial charge in [0.25, 0.3) is 0 Å². The van der Waals surface area contributed by atoms with Crippen molar-refractivity contribution >= 4 is 81.8 Å². The smallest absolute Gasteiger partial charge is 0.327 e. The van der Waals surface area contributed by atoms with E-state index in [9.17, 15) is 53.7 Å². The van der Waals surface area contributed by atoms with E-state index in [-0.39, 0.29) is 30.9 Å². The Morgan fingerprint density at radius 2 is 1.08 bits per heavy atom. The average Bonchev–Trinajstić information content (AvgIpc) is 3.83. The van der Waals surface area contributed by atoms with Crippen LogP contribution in [0, 0.1) is 5.92 Å². The predicted octanol–water partition coefficient (Wildman–Crippen LogP) is -0.394. The second-order valence-electron chi connectivity index (χ2n) is 15.7. The summed E-state index contributed by atoms with van der Waals surface area (Å²) >= 11 is 3.94. The largest absolute Gasteiger partial charge is 0.481 e. The Morgan fingerprint density at radius 3 is 1.56 bits per heavy atom. The number of nitrogens with two attached hydrogens (primary N) is 1. The minimum absolute atomic E-state index is 0.0273. The van der Waals surface area contributed by atoms with Gasteiger partial charge in [-0.05, 0) is 49.4 Å². The third-order valence-electron chi connectivity index (χ3n) is 10.1. The van der Waals surface area contributed by atoms with Crippen molar-refractivity contribution in [2.45, 2.75) is 102 Å². The molecule has 0 saturated heterocycles. The summed E-state index contributed by atoms with van der Waals surface area (Å²) in [6, 6.07) is 4.49. The summed E-state index contributed by atoms with van der Waals surface area (Å²) in [5, 5.41) is 45.9. The first-order chi connectivity index (χ1) is 29.8. The van der Waals surface area contributed by atoms with Crippen LogP contribution < -0.4 is 37.6 Å². The van der Waals surface area contributed by atoms with Gasteiger partial charge in [-0.25, -0.2) is 4.79 Å². The SMILES string of the molecule is CC(C)C[C@H](NC(=O)[C@H](Cc1c[nH]c2ccccc12)NC(=O)[C@@H](N)CC(=O)O)C(=O)N[C@H](C(=O)N[C@@H](Cc1c[nH]c2ccccc12)C(=O)N[C@@H](C)C(=O)N[C@@H](CS)C(=O)O)[C@@H](C)O. The number of aliphatic hydroxyl groups is 1. The summed E-state index contributed by atoms with van der Waals surface area (Å²) in [6.45, 7) is 6.10. The fraction of sp³-hybridized carbons (Fsp3) is 0.429. The zero-order valence-electron chi connectivity index (χ0n) is 35.1. The summed E-state index contributed by atoms with van der Waals surface area (Å²) in [7, 11) is 0. The number of aliphatic hydroxyl groups excluding tert-OH is 1. The highest BCUT2D eigenvalue weighted by atomic mass is 32.1. The van der Waals surface area contributed by atoms with Gasteiger partial charge in [0.1, 0.15) is 36.3 Å². The van der Waals surface area contributed by atoms with Crippen LogP contribution in [-0.2, 0) is 51.2 Å². The topological polar surface area (TPSA) is 327 Å². The molecule has 8 atom stereocenters. The summed E-state index contributed by atoms with van der Waals surface area (Å²) in [5.41, 5.74) is 8.52. The van der Waals surface area contributed by atoms with Crippen LogP contribution in [0.3, 0.4) is 0 Å². The number of carbonyl (C=O) groups excluding carboxylic acids is 6. The van der Waals surface area contributed by atoms with E-state index in [1.807, 2.05) is 6.07 Å². The molecule has 20 nitrogen and oxygen atoms in total. The molecule has 340 valence electrons. The molecule has 6 amide bonds. The summed E-state index contributed by atoms with van der Waals surface area (Å²) in [6.07, 6.45) is 0.833. The standard InChI is InChI=1S/C42H55N9O11S/c1-20(2)13-30(48-39(58)32(47-37(56)27(43)16-34(53)54)15-24-18-45-29-12-8-6-10-26(24)29)40(59)51-35(22(4)52)41(60)49-31(14-23-17-44-28-11-7-5-9-25(23)28)38(57)46-21(3)36(55)50-33(19-63)42(61)62/h5-12,17-18,20-22,27,30-33,35,44-45,52,63H,13-16,19,43H2,1-4H3,(H,46,57)(H,47,56)(H,48,58)(H,49,60)(H,50,55)(H,51,59)(H,53,54)(H,61,62)/t21-,22+,27-,30-,31-,32-,33-,35-/m0/s1. The van der Waals surface area contributed by atoms with Gasteiger partial charge in [0.2, 0.25) is 35.4 Å². The maximum Gasteiger partial charge on any atom is 0.327 e. The molecule has 2 aromatic carbocycles. The molecule has 21 heteroatoms. The molecular weight excluding hydrogens is 839 g/mol. The minimum atomic E-state index is -1.69. The number of aliphatic carboxylic acids is 2. The Morgan fingerprint density at radius 1 is 0.619 bits per heavy atom. The highest BCUT2D eigenvalue weighted by Crippen LogP contribution is 2.21. The van der Waals surface area contributed by atoms with Crippen molar-refractivity contribution in [1.82, 2.24) is 41.9 Å². The molecule has 0 aliphatic heterocycles. The first-order valence-electron chi connectivity index (χ1n) is 20.2. The van der Waals surface area contributed by atoms with Crippen molar-refractivity contribution < 1.29 is 53.7 Å². The number of thiol groups is 1. The molecule has 4 rings (SSSR count). The van der Waals surface area contributed by atoms with E-state index in [1.54, 1.807) is 68.7 Å². The van der Waals surface area contributed by atoms with Crippen molar-refractivity contribution in [1.29, 1.82) is 0 Å². The Bertz CT molecular complexity index is 2290. The summed E-state index contributed by atoms with van der Waals surface area (Å²) in [4.78, 5) is 111. The van der Waals surface area contributed by atoms with Crippen molar-refractivity contribution in [2.75, 3.05) is 5.75 Å². The maximum absolute atomic E-state index is 14.0. The normalized spacial score (nSPS) is 15.2. The summed E-state index contributed by atoms with van der Waals surface area (Å²) in [5.74, 6) is -8.42. The van der Waals surface area contributed by atoms with Crippen LogP contribution in [0.5, 0.6) is 0 Å². The number of hydrogen-bond donors (Lipinski definition) is 13. The van der Waals surface area contributed by atoms with Crippen LogP contribution in [0.15, 0.2) is 60.9 Å². The predicted molar refractivity (Wildman–Crippen MR) is 234 cm³/mol. The van der Waals surface area contributed by atoms with Gasteiger partial charge in [-0.3, -0.25) is 33.6 Å². The lowest BCUT2D eigenvalue weighted by Gasteiger charge is -2.28. The Hall–Kier alpha value is -6.45. The molecule has 2 heterocycles. The van der Waals surface area contributed by atoms with Gasteiger partial charge in [0.15, 0.2) is 0 Å². The number of rotatable bonds is 23. The van der Waals surface area contributed by atoms with E-state index < -0.39 is 102 Å². The van der Waals surface area contributed by atoms with E-state index >= 15 is 0 Å². The van der Waals surface area contributed by atoms with Crippen LogP contribution in [0.2, 0.25) is 0 Å². The van der Waals surface area contributed by atoms with Crippen LogP contribution in [0.25, 0.3) is 21.8 Å². The molecule has 0 saturated carbocycles. The number of para-hydroxylation sites is 2. The number of fused-ring (bicyclic) bond motifs is 2. The Labute approximate surface area is 367 Å². The van der Waals surface area contributed by atoms with E-state index in [4.69, 9.17) is 5.73 Å². The van der Waals surface area contributed by atoms with Crippen LogP contribution in [0.4, 0.5) is 0 Å². The molecule has 2 aromatic heterocycles. The zero-order valence-corrected chi connectivity index (χ0v) is 36.0. The first-order valence-corrected chi connectivity index (χ1v) is 20.8. The van der Waals surface area contributed by atoms with Gasteiger partial charge in [-0.15, -0.1) is 0 Å². The zero-order chi connectivity index (χ0) is 46.5. The number of carboxylic acids is 2. The Kier molecular flexibility index (Phi) is 17.6. The Balaban J connectivity index is 1.57. The van der Waals surface area contributed by atoms with Crippen molar-refractivity contribution in [3.05, 3.63) is 72.1 Å². The van der Waals surface area contributed by atoms with Gasteiger partial charge in [0.05, 0.1) is 18.6 Å². The first kappa shape index (κ1) is 49.2. The highest BCUT2D eigenvalue weighted by molar-refractivity contribution is 7.80. The fourth-order valence-electron chi connectivity index (χ4n) is 6.78. The lowest BCUT2D eigenvalue weighted by Crippen LogP contribution is -2.62. The molecule has 13 N–H and O–H groups in total. The van der Waals surface area contributed by atoms with Gasteiger partial charge < -0.3 is 62.9 Å². The second-order valence-corrected chi connectivity index (χ2v) is 16.0. The number of aromatic amines is 2. The number of aromatic nitrogens is 2. The number of benzene rings is 2. The highest BCUT2D eigenvalue weighted by Gasteiger charge is 2.35. The molecule has 0 fully saturated rings. The number of amides is 6. The molecule has 0 aliphatic rings. The lowest BCUT2D eigenvalue weighted by molar-refractivity contribution is -0.141. The van der Waals surface area contributed by atoms with Crippen LogP contribution >= 0.6 is 12.6 Å².